The lowest BCUT2D eigenvalue weighted by atomic mass is 9.77. The number of rotatable bonds is 0. The second-order valence-corrected chi connectivity index (χ2v) is 4.56. The van der Waals surface area contributed by atoms with E-state index in [1.54, 1.807) is 0 Å². The van der Waals surface area contributed by atoms with Gasteiger partial charge in [0.05, 0.1) is 0 Å². The average molecular weight is 171 g/mol. The SMILES string of the molecule is C[C@H]1C(C)(C)NC(=O)OC1(C)C. The first-order valence-corrected chi connectivity index (χ1v) is 4.27. The van der Waals surface area contributed by atoms with Gasteiger partial charge in [0.1, 0.15) is 5.60 Å². The highest BCUT2D eigenvalue weighted by atomic mass is 16.6. The van der Waals surface area contributed by atoms with Crippen molar-refractivity contribution in [2.45, 2.75) is 45.8 Å². The summed E-state index contributed by atoms with van der Waals surface area (Å²) >= 11 is 0. The Kier molecular flexibility index (Phi) is 1.85. The van der Waals surface area contributed by atoms with Gasteiger partial charge in [-0.05, 0) is 27.7 Å². The molecule has 0 spiro atoms. The number of amides is 1. The molecular formula is C9H17NO2. The molecule has 1 aliphatic rings. The largest absolute Gasteiger partial charge is 0.443 e. The summed E-state index contributed by atoms with van der Waals surface area (Å²) in [5.41, 5.74) is -0.551. The highest BCUT2D eigenvalue weighted by molar-refractivity contribution is 5.70. The monoisotopic (exact) mass is 171 g/mol. The van der Waals surface area contributed by atoms with E-state index in [1.165, 1.54) is 0 Å². The van der Waals surface area contributed by atoms with Gasteiger partial charge in [-0.1, -0.05) is 6.92 Å². The zero-order valence-corrected chi connectivity index (χ0v) is 8.39. The molecule has 12 heavy (non-hydrogen) atoms. The van der Waals surface area contributed by atoms with Gasteiger partial charge in [-0.25, -0.2) is 4.79 Å². The molecule has 0 aliphatic carbocycles. The first-order chi connectivity index (χ1) is 5.26. The average Bonchev–Trinajstić information content (AvgIpc) is 1.80. The van der Waals surface area contributed by atoms with Crippen LogP contribution >= 0.6 is 0 Å². The van der Waals surface area contributed by atoms with Crippen LogP contribution in [0, 0.1) is 5.92 Å². The van der Waals surface area contributed by atoms with Crippen molar-refractivity contribution in [2.24, 2.45) is 5.92 Å². The standard InChI is InChI=1S/C9H17NO2/c1-6-8(2,3)10-7(11)12-9(6,4)5/h6H,1-5H3,(H,10,11)/t6-/m0/s1. The molecule has 0 saturated carbocycles. The third-order valence-corrected chi connectivity index (χ3v) is 2.91. The lowest BCUT2D eigenvalue weighted by molar-refractivity contribution is -0.0607. The Hall–Kier alpha value is -0.730. The van der Waals surface area contributed by atoms with Crippen LogP contribution in [0.25, 0.3) is 0 Å². The van der Waals surface area contributed by atoms with Crippen LogP contribution in [0.3, 0.4) is 0 Å². The van der Waals surface area contributed by atoms with Gasteiger partial charge in [-0.15, -0.1) is 0 Å². The quantitative estimate of drug-likeness (QED) is 0.604. The van der Waals surface area contributed by atoms with Crippen LogP contribution < -0.4 is 5.32 Å². The maximum absolute atomic E-state index is 11.1. The van der Waals surface area contributed by atoms with Crippen LogP contribution in [0.5, 0.6) is 0 Å². The minimum Gasteiger partial charge on any atom is -0.443 e. The van der Waals surface area contributed by atoms with E-state index in [0.717, 1.165) is 0 Å². The van der Waals surface area contributed by atoms with Crippen molar-refractivity contribution in [2.75, 3.05) is 0 Å². The molecule has 70 valence electrons. The number of carbonyl (C=O) groups excluding carboxylic acids is 1. The number of hydrogen-bond donors (Lipinski definition) is 1. The Morgan fingerprint density at radius 2 is 1.83 bits per heavy atom. The molecule has 3 nitrogen and oxygen atoms in total. The normalized spacial score (nSPS) is 32.1. The van der Waals surface area contributed by atoms with Crippen LogP contribution in [-0.4, -0.2) is 17.2 Å². The van der Waals surface area contributed by atoms with Crippen LogP contribution in [0.15, 0.2) is 0 Å². The van der Waals surface area contributed by atoms with Crippen molar-refractivity contribution in [3.63, 3.8) is 0 Å². The number of alkyl carbamates (subject to hydrolysis) is 1. The van der Waals surface area contributed by atoms with E-state index in [-0.39, 0.29) is 17.2 Å². The summed E-state index contributed by atoms with van der Waals surface area (Å²) in [7, 11) is 0. The lowest BCUT2D eigenvalue weighted by Crippen LogP contribution is -2.62. The molecule has 1 heterocycles. The zero-order valence-electron chi connectivity index (χ0n) is 8.39. The van der Waals surface area contributed by atoms with E-state index >= 15 is 0 Å². The van der Waals surface area contributed by atoms with Crippen LogP contribution in [-0.2, 0) is 4.74 Å². The van der Waals surface area contributed by atoms with E-state index in [0.29, 0.717) is 5.92 Å². The van der Waals surface area contributed by atoms with E-state index in [9.17, 15) is 4.79 Å². The predicted molar refractivity (Wildman–Crippen MR) is 46.9 cm³/mol. The maximum atomic E-state index is 11.1. The lowest BCUT2D eigenvalue weighted by Gasteiger charge is -2.46. The number of hydrogen-bond acceptors (Lipinski definition) is 2. The summed E-state index contributed by atoms with van der Waals surface area (Å²) < 4.78 is 5.17. The van der Waals surface area contributed by atoms with Crippen LogP contribution in [0.1, 0.15) is 34.6 Å². The zero-order chi connectivity index (χ0) is 9.57. The third-order valence-electron chi connectivity index (χ3n) is 2.91. The molecule has 1 saturated heterocycles. The first-order valence-electron chi connectivity index (χ1n) is 4.27. The van der Waals surface area contributed by atoms with Crippen molar-refractivity contribution in [1.82, 2.24) is 5.32 Å². The van der Waals surface area contributed by atoms with Gasteiger partial charge in [0, 0.05) is 11.5 Å². The van der Waals surface area contributed by atoms with Crippen molar-refractivity contribution < 1.29 is 9.53 Å². The predicted octanol–water partition coefficient (Wildman–Crippen LogP) is 1.92. The van der Waals surface area contributed by atoms with Gasteiger partial charge in [-0.3, -0.25) is 0 Å². The molecule has 0 unspecified atom stereocenters. The summed E-state index contributed by atoms with van der Waals surface area (Å²) in [6, 6.07) is 0. The Morgan fingerprint density at radius 1 is 1.33 bits per heavy atom. The smallest absolute Gasteiger partial charge is 0.408 e. The maximum Gasteiger partial charge on any atom is 0.408 e. The summed E-state index contributed by atoms with van der Waals surface area (Å²) in [6.07, 6.45) is -0.317. The molecule has 1 fully saturated rings. The molecule has 1 N–H and O–H groups in total. The Labute approximate surface area is 73.5 Å². The van der Waals surface area contributed by atoms with Gasteiger partial charge in [0.25, 0.3) is 0 Å². The molecule has 3 heteroatoms. The van der Waals surface area contributed by atoms with Crippen molar-refractivity contribution >= 4 is 6.09 Å². The van der Waals surface area contributed by atoms with Crippen molar-refractivity contribution in [3.05, 3.63) is 0 Å². The molecule has 1 atom stereocenters. The third kappa shape index (κ3) is 1.40. The topological polar surface area (TPSA) is 38.3 Å². The molecule has 0 aromatic heterocycles. The molecule has 1 amide bonds. The highest BCUT2D eigenvalue weighted by Gasteiger charge is 2.45. The second-order valence-electron chi connectivity index (χ2n) is 4.56. The fraction of sp³-hybridized carbons (Fsp3) is 0.889. The van der Waals surface area contributed by atoms with Crippen LogP contribution in [0.4, 0.5) is 4.79 Å². The van der Waals surface area contributed by atoms with Gasteiger partial charge in [0.2, 0.25) is 0 Å². The van der Waals surface area contributed by atoms with E-state index < -0.39 is 0 Å². The van der Waals surface area contributed by atoms with Crippen molar-refractivity contribution in [1.29, 1.82) is 0 Å². The Balaban J connectivity index is 2.91. The molecule has 0 bridgehead atoms. The number of cyclic esters (lactones) is 1. The summed E-state index contributed by atoms with van der Waals surface area (Å²) in [4.78, 5) is 11.1. The van der Waals surface area contributed by atoms with Gasteiger partial charge in [0.15, 0.2) is 0 Å². The molecule has 1 rings (SSSR count). The first kappa shape index (κ1) is 9.36. The second kappa shape index (κ2) is 2.38. The Bertz CT molecular complexity index is 189. The van der Waals surface area contributed by atoms with E-state index in [4.69, 9.17) is 4.74 Å². The van der Waals surface area contributed by atoms with Gasteiger partial charge < -0.3 is 10.1 Å². The fourth-order valence-electron chi connectivity index (χ4n) is 1.59. The molecular weight excluding hydrogens is 154 g/mol. The van der Waals surface area contributed by atoms with Gasteiger partial charge >= 0.3 is 6.09 Å². The Morgan fingerprint density at radius 3 is 2.25 bits per heavy atom. The van der Waals surface area contributed by atoms with E-state index in [1.807, 2.05) is 27.7 Å². The van der Waals surface area contributed by atoms with Gasteiger partial charge in [-0.2, -0.15) is 0 Å². The molecule has 1 aliphatic heterocycles. The number of nitrogens with one attached hydrogen (secondary N) is 1. The highest BCUT2D eigenvalue weighted by Crippen LogP contribution is 2.34. The molecule has 0 radical (unpaired) electrons. The minimum absolute atomic E-state index is 0.182. The summed E-state index contributed by atoms with van der Waals surface area (Å²) in [6.45, 7) is 10.00. The number of ether oxygens (including phenoxy) is 1. The molecule has 0 aromatic rings. The van der Waals surface area contributed by atoms with Crippen molar-refractivity contribution in [3.8, 4) is 0 Å². The summed E-state index contributed by atoms with van der Waals surface area (Å²) in [5.74, 6) is 0.294. The minimum atomic E-state index is -0.369. The fourth-order valence-corrected chi connectivity index (χ4v) is 1.59. The summed E-state index contributed by atoms with van der Waals surface area (Å²) in [5, 5.41) is 2.80. The molecule has 0 aromatic carbocycles. The number of carbonyl (C=O) groups is 1. The van der Waals surface area contributed by atoms with Crippen LogP contribution in [0.2, 0.25) is 0 Å². The van der Waals surface area contributed by atoms with E-state index in [2.05, 4.69) is 12.2 Å².